The number of hydrogen-bond acceptors (Lipinski definition) is 2. The quantitative estimate of drug-likeness (QED) is 0.256. The SMILES string of the molecule is CC1=C(/C=C/C(C)=C/C=C/C(C)=C/C=C/C=C(C)/C=C/C=C(C)/C=C/C2[C@H](C)[C@@H](O)CCC2(C)C)C(C)(C)CC[C@@H]1O. The van der Waals surface area contributed by atoms with Crippen LogP contribution in [0, 0.1) is 22.7 Å². The zero-order valence-corrected chi connectivity index (χ0v) is 28.1. The van der Waals surface area contributed by atoms with Gasteiger partial charge in [0.15, 0.2) is 0 Å². The van der Waals surface area contributed by atoms with Crippen LogP contribution in [0.15, 0.2) is 119 Å². The monoisotopic (exact) mass is 570 g/mol. The second-order valence-electron chi connectivity index (χ2n) is 14.0. The molecule has 0 amide bonds. The third kappa shape index (κ3) is 11.2. The molecule has 230 valence electrons. The van der Waals surface area contributed by atoms with E-state index in [0.29, 0.717) is 11.8 Å². The Hall–Kier alpha value is -2.68. The smallest absolute Gasteiger partial charge is 0.0753 e. The van der Waals surface area contributed by atoms with Gasteiger partial charge in [0.1, 0.15) is 0 Å². The maximum Gasteiger partial charge on any atom is 0.0753 e. The number of rotatable bonds is 10. The maximum absolute atomic E-state index is 10.3. The van der Waals surface area contributed by atoms with Crippen LogP contribution >= 0.6 is 0 Å². The molecule has 1 fully saturated rings. The molecule has 0 bridgehead atoms. The van der Waals surface area contributed by atoms with E-state index in [0.717, 1.165) is 31.3 Å². The third-order valence-corrected chi connectivity index (χ3v) is 9.20. The van der Waals surface area contributed by atoms with Crippen molar-refractivity contribution < 1.29 is 10.2 Å². The molecule has 0 spiro atoms. The molecule has 2 N–H and O–H groups in total. The lowest BCUT2D eigenvalue weighted by atomic mass is 9.63. The fourth-order valence-corrected chi connectivity index (χ4v) is 6.07. The van der Waals surface area contributed by atoms with Crippen molar-refractivity contribution in [2.24, 2.45) is 22.7 Å². The predicted molar refractivity (Wildman–Crippen MR) is 184 cm³/mol. The number of aliphatic hydroxyl groups excluding tert-OH is 2. The van der Waals surface area contributed by atoms with E-state index in [-0.39, 0.29) is 23.0 Å². The standard InChI is InChI=1S/C40H58O2/c1-29(17-13-19-31(3)21-23-35-33(5)37(41)25-27-39(35,7)8)15-11-12-16-30(2)18-14-20-32(4)22-24-36-34(6)38(42)26-28-40(36,9)10/h11-24,33,35,37-38,41-42H,25-28H2,1-10H3/b12-11+,17-13+,18-14+,23-21+,24-22+,29-15+,30-16+,31-19+,32-20+/t33-,35?,37-,38-/m0/s1. The van der Waals surface area contributed by atoms with Gasteiger partial charge in [-0.05, 0) is 94.1 Å². The molecule has 2 rings (SSSR count). The van der Waals surface area contributed by atoms with Crippen molar-refractivity contribution in [3.8, 4) is 0 Å². The van der Waals surface area contributed by atoms with Gasteiger partial charge in [0.05, 0.1) is 12.2 Å². The Balaban J connectivity index is 1.90. The Morgan fingerprint density at radius 1 is 0.690 bits per heavy atom. The summed E-state index contributed by atoms with van der Waals surface area (Å²) in [4.78, 5) is 0. The highest BCUT2D eigenvalue weighted by Gasteiger charge is 2.39. The van der Waals surface area contributed by atoms with Gasteiger partial charge in [-0.1, -0.05) is 142 Å². The van der Waals surface area contributed by atoms with E-state index in [1.54, 1.807) is 0 Å². The van der Waals surface area contributed by atoms with E-state index in [2.05, 4.69) is 154 Å². The topological polar surface area (TPSA) is 40.5 Å². The molecule has 1 saturated carbocycles. The van der Waals surface area contributed by atoms with Crippen LogP contribution in [0.25, 0.3) is 0 Å². The van der Waals surface area contributed by atoms with Crippen molar-refractivity contribution >= 4 is 0 Å². The Morgan fingerprint density at radius 2 is 1.19 bits per heavy atom. The molecule has 0 radical (unpaired) electrons. The summed E-state index contributed by atoms with van der Waals surface area (Å²) in [5.74, 6) is 0.680. The normalized spacial score (nSPS) is 28.5. The molecule has 2 heteroatoms. The van der Waals surface area contributed by atoms with Crippen LogP contribution in [-0.2, 0) is 0 Å². The fraction of sp³-hybridized carbons (Fsp3) is 0.500. The van der Waals surface area contributed by atoms with E-state index in [1.807, 2.05) is 0 Å². The Labute approximate surface area is 258 Å². The third-order valence-electron chi connectivity index (χ3n) is 9.20. The molecule has 2 nitrogen and oxygen atoms in total. The Morgan fingerprint density at radius 3 is 1.76 bits per heavy atom. The molecule has 0 heterocycles. The summed E-state index contributed by atoms with van der Waals surface area (Å²) in [7, 11) is 0. The van der Waals surface area contributed by atoms with Crippen molar-refractivity contribution in [3.05, 3.63) is 119 Å². The first kappa shape index (κ1) is 35.5. The van der Waals surface area contributed by atoms with Gasteiger partial charge in [-0.15, -0.1) is 0 Å². The van der Waals surface area contributed by atoms with Crippen molar-refractivity contribution in [1.82, 2.24) is 0 Å². The minimum atomic E-state index is -0.314. The number of aliphatic hydroxyl groups is 2. The number of hydrogen-bond donors (Lipinski definition) is 2. The summed E-state index contributed by atoms with van der Waals surface area (Å²) in [6.07, 6.45) is 33.3. The maximum atomic E-state index is 10.3. The highest BCUT2D eigenvalue weighted by molar-refractivity contribution is 5.39. The molecule has 0 aromatic rings. The second-order valence-corrected chi connectivity index (χ2v) is 14.0. The van der Waals surface area contributed by atoms with E-state index < -0.39 is 0 Å². The first-order chi connectivity index (χ1) is 19.6. The first-order valence-corrected chi connectivity index (χ1v) is 15.8. The second kappa shape index (κ2) is 16.2. The van der Waals surface area contributed by atoms with Gasteiger partial charge in [-0.3, -0.25) is 0 Å². The minimum Gasteiger partial charge on any atom is -0.393 e. The van der Waals surface area contributed by atoms with Gasteiger partial charge in [0.2, 0.25) is 0 Å². The average Bonchev–Trinajstić information content (AvgIpc) is 2.91. The average molecular weight is 571 g/mol. The Bertz CT molecular complexity index is 1220. The minimum absolute atomic E-state index is 0.105. The van der Waals surface area contributed by atoms with Crippen molar-refractivity contribution in [3.63, 3.8) is 0 Å². The van der Waals surface area contributed by atoms with Crippen LogP contribution in [0.1, 0.15) is 94.9 Å². The molecule has 2 aliphatic rings. The zero-order valence-electron chi connectivity index (χ0n) is 28.1. The lowest BCUT2D eigenvalue weighted by Gasteiger charge is -2.44. The molecule has 42 heavy (non-hydrogen) atoms. The molecule has 2 aliphatic carbocycles. The van der Waals surface area contributed by atoms with Crippen LogP contribution in [0.4, 0.5) is 0 Å². The molecule has 0 aromatic heterocycles. The molecule has 0 aromatic carbocycles. The zero-order chi connectivity index (χ0) is 31.5. The van der Waals surface area contributed by atoms with Crippen LogP contribution in [0.5, 0.6) is 0 Å². The summed E-state index contributed by atoms with van der Waals surface area (Å²) in [6.45, 7) is 21.9. The van der Waals surface area contributed by atoms with Gasteiger partial charge in [-0.25, -0.2) is 0 Å². The van der Waals surface area contributed by atoms with E-state index in [9.17, 15) is 10.2 Å². The van der Waals surface area contributed by atoms with Crippen LogP contribution in [0.2, 0.25) is 0 Å². The van der Waals surface area contributed by atoms with Crippen LogP contribution in [0.3, 0.4) is 0 Å². The largest absolute Gasteiger partial charge is 0.393 e. The summed E-state index contributed by atoms with van der Waals surface area (Å²) in [5, 5.41) is 20.6. The predicted octanol–water partition coefficient (Wildman–Crippen LogP) is 10.5. The van der Waals surface area contributed by atoms with E-state index in [1.165, 1.54) is 27.9 Å². The Kier molecular flexibility index (Phi) is 13.7. The lowest BCUT2D eigenvalue weighted by molar-refractivity contribution is -0.00431. The first-order valence-electron chi connectivity index (χ1n) is 15.8. The molecule has 0 aliphatic heterocycles. The number of allylic oxidation sites excluding steroid dienone is 19. The highest BCUT2D eigenvalue weighted by atomic mass is 16.3. The molecule has 0 saturated heterocycles. The molecule has 1 unspecified atom stereocenters. The summed E-state index contributed by atoms with van der Waals surface area (Å²) in [5.41, 5.74) is 7.46. The summed E-state index contributed by atoms with van der Waals surface area (Å²) >= 11 is 0. The fourth-order valence-electron chi connectivity index (χ4n) is 6.07. The van der Waals surface area contributed by atoms with Crippen molar-refractivity contribution in [1.29, 1.82) is 0 Å². The lowest BCUT2D eigenvalue weighted by Crippen LogP contribution is -2.40. The summed E-state index contributed by atoms with van der Waals surface area (Å²) < 4.78 is 0. The van der Waals surface area contributed by atoms with Gasteiger partial charge in [0.25, 0.3) is 0 Å². The van der Waals surface area contributed by atoms with Gasteiger partial charge in [0, 0.05) is 0 Å². The molecule has 4 atom stereocenters. The molecular weight excluding hydrogens is 512 g/mol. The van der Waals surface area contributed by atoms with Crippen molar-refractivity contribution in [2.75, 3.05) is 0 Å². The summed E-state index contributed by atoms with van der Waals surface area (Å²) in [6, 6.07) is 0. The highest BCUT2D eigenvalue weighted by Crippen LogP contribution is 2.45. The van der Waals surface area contributed by atoms with Gasteiger partial charge < -0.3 is 10.2 Å². The van der Waals surface area contributed by atoms with E-state index in [4.69, 9.17) is 0 Å². The molecular formula is C40H58O2. The van der Waals surface area contributed by atoms with Crippen LogP contribution < -0.4 is 0 Å². The van der Waals surface area contributed by atoms with Gasteiger partial charge in [-0.2, -0.15) is 0 Å². The van der Waals surface area contributed by atoms with E-state index >= 15 is 0 Å². The van der Waals surface area contributed by atoms with Crippen molar-refractivity contribution in [2.45, 2.75) is 107 Å². The van der Waals surface area contributed by atoms with Gasteiger partial charge >= 0.3 is 0 Å². The van der Waals surface area contributed by atoms with Crippen LogP contribution in [-0.4, -0.2) is 22.4 Å².